The largest absolute Gasteiger partial charge is 0.440 e. The predicted molar refractivity (Wildman–Crippen MR) is 107 cm³/mol. The third kappa shape index (κ3) is 4.02. The Kier molecular flexibility index (Phi) is 5.32. The first-order chi connectivity index (χ1) is 13.5. The van der Waals surface area contributed by atoms with Crippen LogP contribution in [0.4, 0.5) is 20.4 Å². The molecule has 1 aliphatic rings. The molecule has 4 rings (SSSR count). The third-order valence-electron chi connectivity index (χ3n) is 4.53. The van der Waals surface area contributed by atoms with Crippen LogP contribution in [-0.2, 0) is 11.3 Å². The molecule has 0 atom stereocenters. The molecule has 0 bridgehead atoms. The predicted octanol–water partition coefficient (Wildman–Crippen LogP) is 4.28. The van der Waals surface area contributed by atoms with Crippen molar-refractivity contribution in [3.8, 4) is 0 Å². The minimum atomic E-state index is -0.664. The summed E-state index contributed by atoms with van der Waals surface area (Å²) in [4.78, 5) is 14.6. The van der Waals surface area contributed by atoms with Gasteiger partial charge in [-0.05, 0) is 24.3 Å². The fourth-order valence-corrected chi connectivity index (χ4v) is 3.71. The molecule has 5 nitrogen and oxygen atoms in total. The summed E-state index contributed by atoms with van der Waals surface area (Å²) >= 11 is 3.41. The molecule has 2 heterocycles. The van der Waals surface area contributed by atoms with Crippen LogP contribution in [0.15, 0.2) is 50.1 Å². The van der Waals surface area contributed by atoms with Crippen molar-refractivity contribution >= 4 is 38.5 Å². The van der Waals surface area contributed by atoms with E-state index in [9.17, 15) is 13.6 Å². The lowest BCUT2D eigenvalue weighted by atomic mass is 10.1. The number of benzene rings is 2. The Hall–Kier alpha value is -2.45. The highest BCUT2D eigenvalue weighted by Crippen LogP contribution is 2.27. The second kappa shape index (κ2) is 7.89. The molecule has 0 radical (unpaired) electrons. The third-order valence-corrected chi connectivity index (χ3v) is 4.98. The van der Waals surface area contributed by atoms with E-state index in [-0.39, 0.29) is 12.0 Å². The molecule has 1 aliphatic heterocycles. The monoisotopic (exact) mass is 450 g/mol. The molecule has 2 aromatic carbocycles. The van der Waals surface area contributed by atoms with Crippen molar-refractivity contribution in [1.82, 2.24) is 0 Å². The molecule has 0 saturated carbocycles. The fourth-order valence-electron chi connectivity index (χ4n) is 3.20. The molecule has 1 fully saturated rings. The van der Waals surface area contributed by atoms with Crippen molar-refractivity contribution in [2.45, 2.75) is 6.54 Å². The molecule has 0 aliphatic carbocycles. The summed E-state index contributed by atoms with van der Waals surface area (Å²) in [6, 6.07) is 8.23. The van der Waals surface area contributed by atoms with Gasteiger partial charge in [0.2, 0.25) is 0 Å². The molecule has 8 heteroatoms. The first-order valence-corrected chi connectivity index (χ1v) is 9.58. The van der Waals surface area contributed by atoms with E-state index in [1.165, 1.54) is 18.2 Å². The van der Waals surface area contributed by atoms with E-state index < -0.39 is 11.6 Å². The van der Waals surface area contributed by atoms with Gasteiger partial charge in [0, 0.05) is 47.5 Å². The Morgan fingerprint density at radius 3 is 2.46 bits per heavy atom. The van der Waals surface area contributed by atoms with Gasteiger partial charge in [0.25, 0.3) is 0 Å². The molecule has 1 N–H and O–H groups in total. The second-order valence-corrected chi connectivity index (χ2v) is 7.42. The van der Waals surface area contributed by atoms with Crippen LogP contribution in [0.1, 0.15) is 5.56 Å². The molecular weight excluding hydrogens is 434 g/mol. The number of hydrogen-bond donors (Lipinski definition) is 1. The average molecular weight is 451 g/mol. The molecular formula is C20H17BrF2N2O3. The minimum Gasteiger partial charge on any atom is -0.440 e. The quantitative estimate of drug-likeness (QED) is 0.642. The van der Waals surface area contributed by atoms with Gasteiger partial charge in [0.1, 0.15) is 17.2 Å². The van der Waals surface area contributed by atoms with Crippen LogP contribution in [0, 0.1) is 11.6 Å². The lowest BCUT2D eigenvalue weighted by Crippen LogP contribution is -2.36. The normalized spacial score (nSPS) is 14.5. The van der Waals surface area contributed by atoms with E-state index in [1.807, 2.05) is 11.0 Å². The number of nitrogens with one attached hydrogen (secondary N) is 1. The average Bonchev–Trinajstić information content (AvgIpc) is 2.66. The fraction of sp³-hybridized carbons (Fsp3) is 0.250. The van der Waals surface area contributed by atoms with Crippen LogP contribution >= 0.6 is 15.9 Å². The van der Waals surface area contributed by atoms with Crippen LogP contribution in [-0.4, -0.2) is 26.3 Å². The number of morpholine rings is 1. The highest BCUT2D eigenvalue weighted by atomic mass is 79.9. The SMILES string of the molecule is O=c1cc(N2CCOCC2)oc2c(CNc3cc(F)cc(F)c3)cc(Br)cc12. The lowest BCUT2D eigenvalue weighted by Gasteiger charge is -2.27. The van der Waals surface area contributed by atoms with E-state index in [0.29, 0.717) is 58.9 Å². The van der Waals surface area contributed by atoms with Crippen LogP contribution in [0.25, 0.3) is 11.0 Å². The molecule has 1 aromatic heterocycles. The summed E-state index contributed by atoms with van der Waals surface area (Å²) < 4.78 is 39.0. The number of rotatable bonds is 4. The van der Waals surface area contributed by atoms with Gasteiger partial charge in [0.15, 0.2) is 11.3 Å². The lowest BCUT2D eigenvalue weighted by molar-refractivity contribution is 0.121. The maximum absolute atomic E-state index is 13.4. The zero-order valence-electron chi connectivity index (χ0n) is 14.8. The Bertz CT molecular complexity index is 1060. The summed E-state index contributed by atoms with van der Waals surface area (Å²) in [6.07, 6.45) is 0. The first-order valence-electron chi connectivity index (χ1n) is 8.78. The Morgan fingerprint density at radius 1 is 1.04 bits per heavy atom. The van der Waals surface area contributed by atoms with E-state index >= 15 is 0 Å². The summed E-state index contributed by atoms with van der Waals surface area (Å²) in [5, 5.41) is 3.42. The highest BCUT2D eigenvalue weighted by Gasteiger charge is 2.17. The molecule has 0 spiro atoms. The number of anilines is 2. The van der Waals surface area contributed by atoms with Gasteiger partial charge in [-0.2, -0.15) is 0 Å². The molecule has 0 amide bonds. The Morgan fingerprint density at radius 2 is 1.75 bits per heavy atom. The van der Waals surface area contributed by atoms with E-state index in [0.717, 1.165) is 6.07 Å². The highest BCUT2D eigenvalue weighted by molar-refractivity contribution is 9.10. The van der Waals surface area contributed by atoms with Crippen LogP contribution < -0.4 is 15.6 Å². The van der Waals surface area contributed by atoms with Crippen molar-refractivity contribution in [3.05, 3.63) is 68.3 Å². The van der Waals surface area contributed by atoms with E-state index in [1.54, 1.807) is 6.07 Å². The summed E-state index contributed by atoms with van der Waals surface area (Å²) in [5.74, 6) is -0.841. The van der Waals surface area contributed by atoms with Gasteiger partial charge in [-0.15, -0.1) is 0 Å². The van der Waals surface area contributed by atoms with Gasteiger partial charge in [-0.1, -0.05) is 15.9 Å². The summed E-state index contributed by atoms with van der Waals surface area (Å²) in [6.45, 7) is 2.65. The van der Waals surface area contributed by atoms with Crippen LogP contribution in [0.5, 0.6) is 0 Å². The van der Waals surface area contributed by atoms with Crippen molar-refractivity contribution in [2.24, 2.45) is 0 Å². The van der Waals surface area contributed by atoms with Gasteiger partial charge in [0.05, 0.1) is 18.6 Å². The maximum Gasteiger partial charge on any atom is 0.200 e. The Labute approximate surface area is 168 Å². The van der Waals surface area contributed by atoms with E-state index in [2.05, 4.69) is 21.2 Å². The molecule has 1 saturated heterocycles. The van der Waals surface area contributed by atoms with Crippen molar-refractivity contribution in [3.63, 3.8) is 0 Å². The summed E-state index contributed by atoms with van der Waals surface area (Å²) in [5.41, 5.74) is 1.29. The molecule has 146 valence electrons. The van der Waals surface area contributed by atoms with Crippen molar-refractivity contribution in [2.75, 3.05) is 36.5 Å². The smallest absolute Gasteiger partial charge is 0.200 e. The van der Waals surface area contributed by atoms with Crippen molar-refractivity contribution in [1.29, 1.82) is 0 Å². The maximum atomic E-state index is 13.4. The van der Waals surface area contributed by atoms with E-state index in [4.69, 9.17) is 9.15 Å². The molecule has 3 aromatic rings. The summed E-state index contributed by atoms with van der Waals surface area (Å²) in [7, 11) is 0. The number of nitrogens with zero attached hydrogens (tertiary/aromatic N) is 1. The number of ether oxygens (including phenoxy) is 1. The van der Waals surface area contributed by atoms with Crippen molar-refractivity contribution < 1.29 is 17.9 Å². The van der Waals surface area contributed by atoms with Gasteiger partial charge < -0.3 is 19.4 Å². The zero-order chi connectivity index (χ0) is 19.7. The van der Waals surface area contributed by atoms with Crippen LogP contribution in [0.3, 0.4) is 0 Å². The Balaban J connectivity index is 1.71. The first kappa shape index (κ1) is 18.9. The zero-order valence-corrected chi connectivity index (χ0v) is 16.4. The van der Waals surface area contributed by atoms with Gasteiger partial charge in [-0.25, -0.2) is 8.78 Å². The standard InChI is InChI=1S/C20H17BrF2N2O3/c21-13-5-12(11-24-16-8-14(22)7-15(23)9-16)20-17(6-13)18(26)10-19(28-20)25-1-3-27-4-2-25/h5-10,24H,1-4,11H2. The van der Waals surface area contributed by atoms with Gasteiger partial charge >= 0.3 is 0 Å². The minimum absolute atomic E-state index is 0.151. The molecule has 28 heavy (non-hydrogen) atoms. The number of fused-ring (bicyclic) bond motifs is 1. The number of halogens is 3. The molecule has 0 unspecified atom stereocenters. The second-order valence-electron chi connectivity index (χ2n) is 6.50. The topological polar surface area (TPSA) is 54.7 Å². The van der Waals surface area contributed by atoms with Gasteiger partial charge in [-0.3, -0.25) is 4.79 Å². The van der Waals surface area contributed by atoms with Crippen LogP contribution in [0.2, 0.25) is 0 Å². The number of hydrogen-bond acceptors (Lipinski definition) is 5.